The standard InChI is InChI=1S/C17H25N3O2/c1-11-7-9-20-16-13(19-8-5-6-12(2)18)10-14(21-3)17(22-4)15(11)16/h7,9-10,12,19H,5-6,8,18H2,1-4H3. The van der Waals surface area contributed by atoms with Gasteiger partial charge in [-0.25, -0.2) is 0 Å². The minimum Gasteiger partial charge on any atom is -0.493 e. The molecule has 3 N–H and O–H groups in total. The number of benzene rings is 1. The lowest BCUT2D eigenvalue weighted by atomic mass is 10.1. The zero-order chi connectivity index (χ0) is 16.1. The SMILES string of the molecule is COc1cc(NCCCC(C)N)c2nccc(C)c2c1OC. The van der Waals surface area contributed by atoms with Crippen LogP contribution < -0.4 is 20.5 Å². The molecule has 1 unspecified atom stereocenters. The fraction of sp³-hybridized carbons (Fsp3) is 0.471. The molecule has 1 atom stereocenters. The number of hydrogen-bond acceptors (Lipinski definition) is 5. The third kappa shape index (κ3) is 3.42. The Morgan fingerprint density at radius 1 is 1.32 bits per heavy atom. The summed E-state index contributed by atoms with van der Waals surface area (Å²) in [6.07, 6.45) is 3.82. The van der Waals surface area contributed by atoms with Crippen LogP contribution >= 0.6 is 0 Å². The number of aromatic nitrogens is 1. The Kier molecular flexibility index (Phi) is 5.44. The highest BCUT2D eigenvalue weighted by molar-refractivity contribution is 5.99. The van der Waals surface area contributed by atoms with Crippen molar-refractivity contribution in [1.29, 1.82) is 0 Å². The number of nitrogens with zero attached hydrogens (tertiary/aromatic N) is 1. The number of aryl methyl sites for hydroxylation is 1. The van der Waals surface area contributed by atoms with Crippen LogP contribution in [0.4, 0.5) is 5.69 Å². The van der Waals surface area contributed by atoms with E-state index in [1.54, 1.807) is 14.2 Å². The van der Waals surface area contributed by atoms with E-state index in [9.17, 15) is 0 Å². The molecule has 0 amide bonds. The molecule has 22 heavy (non-hydrogen) atoms. The number of ether oxygens (including phenoxy) is 2. The van der Waals surface area contributed by atoms with E-state index in [4.69, 9.17) is 15.2 Å². The van der Waals surface area contributed by atoms with Crippen LogP contribution in [0.15, 0.2) is 18.3 Å². The Balaban J connectivity index is 2.39. The zero-order valence-electron chi connectivity index (χ0n) is 13.8. The number of anilines is 1. The van der Waals surface area contributed by atoms with Crippen LogP contribution in [-0.2, 0) is 0 Å². The summed E-state index contributed by atoms with van der Waals surface area (Å²) >= 11 is 0. The fourth-order valence-corrected chi connectivity index (χ4v) is 2.57. The minimum absolute atomic E-state index is 0.226. The number of nitrogens with one attached hydrogen (secondary N) is 1. The molecule has 0 saturated heterocycles. The summed E-state index contributed by atoms with van der Waals surface area (Å²) < 4.78 is 11.0. The van der Waals surface area contributed by atoms with Crippen LogP contribution in [-0.4, -0.2) is 31.8 Å². The number of nitrogens with two attached hydrogens (primary N) is 1. The quantitative estimate of drug-likeness (QED) is 0.769. The van der Waals surface area contributed by atoms with E-state index in [1.807, 2.05) is 32.2 Å². The van der Waals surface area contributed by atoms with Crippen LogP contribution in [0.3, 0.4) is 0 Å². The van der Waals surface area contributed by atoms with E-state index < -0.39 is 0 Å². The first kappa shape index (κ1) is 16.4. The van der Waals surface area contributed by atoms with Gasteiger partial charge < -0.3 is 20.5 Å². The second kappa shape index (κ2) is 7.31. The Morgan fingerprint density at radius 2 is 2.09 bits per heavy atom. The molecule has 0 bridgehead atoms. The Bertz CT molecular complexity index is 641. The third-order valence-electron chi connectivity index (χ3n) is 3.72. The van der Waals surface area contributed by atoms with Gasteiger partial charge in [-0.1, -0.05) is 0 Å². The van der Waals surface area contributed by atoms with Crippen molar-refractivity contribution in [2.24, 2.45) is 5.73 Å². The van der Waals surface area contributed by atoms with Crippen molar-refractivity contribution >= 4 is 16.6 Å². The molecule has 2 rings (SSSR count). The minimum atomic E-state index is 0.226. The number of methoxy groups -OCH3 is 2. The van der Waals surface area contributed by atoms with Gasteiger partial charge in [-0.3, -0.25) is 4.98 Å². The molecule has 5 nitrogen and oxygen atoms in total. The Labute approximate surface area is 131 Å². The Hall–Kier alpha value is -2.01. The number of hydrogen-bond donors (Lipinski definition) is 2. The van der Waals surface area contributed by atoms with Gasteiger partial charge in [0.1, 0.15) is 0 Å². The maximum atomic E-state index is 5.79. The van der Waals surface area contributed by atoms with Gasteiger partial charge in [-0.05, 0) is 38.3 Å². The van der Waals surface area contributed by atoms with Crippen LogP contribution in [0.5, 0.6) is 11.5 Å². The van der Waals surface area contributed by atoms with Gasteiger partial charge in [0.25, 0.3) is 0 Å². The molecule has 120 valence electrons. The van der Waals surface area contributed by atoms with Gasteiger partial charge in [0.2, 0.25) is 0 Å². The van der Waals surface area contributed by atoms with E-state index in [2.05, 4.69) is 10.3 Å². The predicted molar refractivity (Wildman–Crippen MR) is 91.0 cm³/mol. The second-order valence-corrected chi connectivity index (χ2v) is 5.56. The van der Waals surface area contributed by atoms with Crippen molar-refractivity contribution in [3.63, 3.8) is 0 Å². The number of fused-ring (bicyclic) bond motifs is 1. The first-order chi connectivity index (χ1) is 10.6. The lowest BCUT2D eigenvalue weighted by Crippen LogP contribution is -2.16. The van der Waals surface area contributed by atoms with Gasteiger partial charge in [0.05, 0.1) is 30.8 Å². The van der Waals surface area contributed by atoms with Crippen molar-refractivity contribution in [3.8, 4) is 11.5 Å². The molecule has 0 aliphatic carbocycles. The van der Waals surface area contributed by atoms with Gasteiger partial charge >= 0.3 is 0 Å². The van der Waals surface area contributed by atoms with Gasteiger partial charge in [0, 0.05) is 24.8 Å². The largest absolute Gasteiger partial charge is 0.493 e. The highest BCUT2D eigenvalue weighted by Gasteiger charge is 2.16. The lowest BCUT2D eigenvalue weighted by molar-refractivity contribution is 0.358. The molecule has 1 aromatic carbocycles. The summed E-state index contributed by atoms with van der Waals surface area (Å²) in [6.45, 7) is 4.92. The molecule has 2 aromatic rings. The maximum absolute atomic E-state index is 5.79. The lowest BCUT2D eigenvalue weighted by Gasteiger charge is -2.16. The zero-order valence-corrected chi connectivity index (χ0v) is 13.8. The van der Waals surface area contributed by atoms with Gasteiger partial charge in [-0.2, -0.15) is 0 Å². The molecule has 0 fully saturated rings. The highest BCUT2D eigenvalue weighted by atomic mass is 16.5. The molecule has 1 aromatic heterocycles. The smallest absolute Gasteiger partial charge is 0.170 e. The van der Waals surface area contributed by atoms with Crippen molar-refractivity contribution in [2.45, 2.75) is 32.7 Å². The van der Waals surface area contributed by atoms with Crippen LogP contribution in [0.25, 0.3) is 10.9 Å². The molecule has 0 spiro atoms. The second-order valence-electron chi connectivity index (χ2n) is 5.56. The van der Waals surface area contributed by atoms with E-state index in [0.29, 0.717) is 5.75 Å². The molecule has 0 aliphatic rings. The number of rotatable bonds is 7. The van der Waals surface area contributed by atoms with E-state index in [1.165, 1.54) is 0 Å². The Morgan fingerprint density at radius 3 is 2.73 bits per heavy atom. The summed E-state index contributed by atoms with van der Waals surface area (Å²) in [4.78, 5) is 4.52. The van der Waals surface area contributed by atoms with Crippen LogP contribution in [0, 0.1) is 6.92 Å². The summed E-state index contributed by atoms with van der Waals surface area (Å²) in [5.74, 6) is 1.44. The molecule has 5 heteroatoms. The molecular weight excluding hydrogens is 278 g/mol. The summed E-state index contributed by atoms with van der Waals surface area (Å²) in [5, 5.41) is 4.43. The van der Waals surface area contributed by atoms with E-state index in [0.717, 1.165) is 47.3 Å². The van der Waals surface area contributed by atoms with Gasteiger partial charge in [0.15, 0.2) is 11.5 Å². The van der Waals surface area contributed by atoms with Crippen molar-refractivity contribution < 1.29 is 9.47 Å². The summed E-state index contributed by atoms with van der Waals surface area (Å²) in [6, 6.07) is 4.15. The van der Waals surface area contributed by atoms with Crippen molar-refractivity contribution in [3.05, 3.63) is 23.9 Å². The number of pyridine rings is 1. The fourth-order valence-electron chi connectivity index (χ4n) is 2.57. The van der Waals surface area contributed by atoms with E-state index >= 15 is 0 Å². The molecule has 0 radical (unpaired) electrons. The monoisotopic (exact) mass is 303 g/mol. The summed E-state index contributed by atoms with van der Waals surface area (Å²) in [5.41, 5.74) is 8.76. The normalized spacial score (nSPS) is 12.2. The molecule has 1 heterocycles. The molecular formula is C17H25N3O2. The highest BCUT2D eigenvalue weighted by Crippen LogP contribution is 2.40. The molecule has 0 saturated carbocycles. The van der Waals surface area contributed by atoms with Crippen molar-refractivity contribution in [1.82, 2.24) is 4.98 Å². The van der Waals surface area contributed by atoms with Crippen molar-refractivity contribution in [2.75, 3.05) is 26.1 Å². The van der Waals surface area contributed by atoms with Crippen LogP contribution in [0.2, 0.25) is 0 Å². The first-order valence-corrected chi connectivity index (χ1v) is 7.58. The summed E-state index contributed by atoms with van der Waals surface area (Å²) in [7, 11) is 3.30. The third-order valence-corrected chi connectivity index (χ3v) is 3.72. The van der Waals surface area contributed by atoms with Crippen LogP contribution in [0.1, 0.15) is 25.3 Å². The maximum Gasteiger partial charge on any atom is 0.170 e. The predicted octanol–water partition coefficient (Wildman–Crippen LogP) is 3.10. The average molecular weight is 303 g/mol. The first-order valence-electron chi connectivity index (χ1n) is 7.58. The van der Waals surface area contributed by atoms with E-state index in [-0.39, 0.29) is 6.04 Å². The molecule has 0 aliphatic heterocycles. The van der Waals surface area contributed by atoms with Gasteiger partial charge in [-0.15, -0.1) is 0 Å². The average Bonchev–Trinajstić information content (AvgIpc) is 2.51. The topological polar surface area (TPSA) is 69.4 Å².